The van der Waals surface area contributed by atoms with Gasteiger partial charge in [-0.15, -0.1) is 11.3 Å². The molecular formula is C23H19FN2O4S2. The molecule has 3 aromatic rings. The number of hydrogen-bond donors (Lipinski definition) is 0. The van der Waals surface area contributed by atoms with Crippen LogP contribution in [-0.4, -0.2) is 45.7 Å². The Morgan fingerprint density at radius 1 is 1.12 bits per heavy atom. The number of aromatic nitrogens is 1. The molecule has 1 aliphatic rings. The molecule has 0 radical (unpaired) electrons. The van der Waals surface area contributed by atoms with Gasteiger partial charge in [-0.25, -0.2) is 14.2 Å². The second-order valence-electron chi connectivity index (χ2n) is 7.08. The van der Waals surface area contributed by atoms with Gasteiger partial charge in [-0.1, -0.05) is 12.1 Å². The summed E-state index contributed by atoms with van der Waals surface area (Å²) in [6.07, 6.45) is 2.18. The highest BCUT2D eigenvalue weighted by atomic mass is 32.2. The third kappa shape index (κ3) is 4.44. The van der Waals surface area contributed by atoms with Crippen molar-refractivity contribution in [2.45, 2.75) is 19.1 Å². The van der Waals surface area contributed by atoms with E-state index in [1.54, 1.807) is 41.8 Å². The summed E-state index contributed by atoms with van der Waals surface area (Å²) in [5.74, 6) is -1.37. The lowest BCUT2D eigenvalue weighted by molar-refractivity contribution is -0.149. The highest BCUT2D eigenvalue weighted by Crippen LogP contribution is 2.27. The predicted octanol–water partition coefficient (Wildman–Crippen LogP) is 4.41. The number of thiazole rings is 1. The number of esters is 1. The zero-order chi connectivity index (χ0) is 22.7. The number of halogens is 1. The molecule has 9 heteroatoms. The minimum absolute atomic E-state index is 0.0878. The van der Waals surface area contributed by atoms with E-state index >= 15 is 0 Å². The topological polar surface area (TPSA) is 76.6 Å². The van der Waals surface area contributed by atoms with E-state index in [-0.39, 0.29) is 12.4 Å². The van der Waals surface area contributed by atoms with Crippen molar-refractivity contribution >= 4 is 40.9 Å². The second-order valence-corrected chi connectivity index (χ2v) is 8.93. The lowest BCUT2D eigenvalue weighted by Crippen LogP contribution is -2.46. The molecule has 0 saturated heterocycles. The van der Waals surface area contributed by atoms with Gasteiger partial charge in [0.05, 0.1) is 16.8 Å². The van der Waals surface area contributed by atoms with Crippen LogP contribution in [0, 0.1) is 5.82 Å². The highest BCUT2D eigenvalue weighted by molar-refractivity contribution is 7.98. The number of carbonyl (C=O) groups is 3. The molecule has 2 aromatic carbocycles. The minimum atomic E-state index is -1.01. The number of nitrogens with zero attached hydrogens (tertiary/aromatic N) is 2. The Labute approximate surface area is 192 Å². The summed E-state index contributed by atoms with van der Waals surface area (Å²) in [5, 5.41) is 2.43. The van der Waals surface area contributed by atoms with Gasteiger partial charge in [0, 0.05) is 10.9 Å². The van der Waals surface area contributed by atoms with E-state index in [0.717, 1.165) is 10.5 Å². The Morgan fingerprint density at radius 3 is 2.41 bits per heavy atom. The molecule has 164 valence electrons. The molecule has 1 aliphatic heterocycles. The summed E-state index contributed by atoms with van der Waals surface area (Å²) in [7, 11) is 0. The van der Waals surface area contributed by atoms with E-state index in [9.17, 15) is 18.8 Å². The lowest BCUT2D eigenvalue weighted by Gasteiger charge is -2.24. The van der Waals surface area contributed by atoms with Gasteiger partial charge >= 0.3 is 5.97 Å². The largest absolute Gasteiger partial charge is 0.458 e. The monoisotopic (exact) mass is 470 g/mol. The van der Waals surface area contributed by atoms with Crippen LogP contribution in [0.1, 0.15) is 32.8 Å². The molecule has 1 unspecified atom stereocenters. The van der Waals surface area contributed by atoms with Crippen LogP contribution in [0.15, 0.2) is 53.9 Å². The Morgan fingerprint density at radius 2 is 1.78 bits per heavy atom. The molecule has 1 atom stereocenters. The predicted molar refractivity (Wildman–Crippen MR) is 121 cm³/mol. The fourth-order valence-corrected chi connectivity index (χ4v) is 4.68. The third-order valence-corrected chi connectivity index (χ3v) is 6.59. The number of hydrogen-bond acceptors (Lipinski definition) is 7. The molecule has 1 aromatic heterocycles. The van der Waals surface area contributed by atoms with Gasteiger partial charge in [-0.3, -0.25) is 14.5 Å². The molecule has 0 saturated carbocycles. The van der Waals surface area contributed by atoms with Crippen molar-refractivity contribution in [1.82, 2.24) is 9.88 Å². The van der Waals surface area contributed by atoms with Gasteiger partial charge in [-0.2, -0.15) is 11.8 Å². The Kier molecular flexibility index (Phi) is 6.66. The molecule has 2 heterocycles. The first-order valence-electron chi connectivity index (χ1n) is 9.82. The number of thioether (sulfide) groups is 1. The summed E-state index contributed by atoms with van der Waals surface area (Å²) in [6, 6.07) is 11.5. The minimum Gasteiger partial charge on any atom is -0.458 e. The van der Waals surface area contributed by atoms with Crippen molar-refractivity contribution in [3.8, 4) is 10.6 Å². The summed E-state index contributed by atoms with van der Waals surface area (Å²) in [4.78, 5) is 44.0. The van der Waals surface area contributed by atoms with Crippen molar-refractivity contribution in [2.75, 3.05) is 12.0 Å². The first-order chi connectivity index (χ1) is 15.5. The smallest absolute Gasteiger partial charge is 0.329 e. The van der Waals surface area contributed by atoms with Crippen LogP contribution >= 0.6 is 23.1 Å². The average molecular weight is 471 g/mol. The standard InChI is InChI=1S/C23H19FN2O4S2/c1-31-11-10-19(26-21(27)17-4-2-3-5-18(17)22(26)28)23(29)30-12-16-13-32-20(25-16)14-6-8-15(24)9-7-14/h2-9,13,19H,10-12H2,1H3. The van der Waals surface area contributed by atoms with Crippen LogP contribution in [0.5, 0.6) is 0 Å². The van der Waals surface area contributed by atoms with Crippen LogP contribution in [0.4, 0.5) is 4.39 Å². The highest BCUT2D eigenvalue weighted by Gasteiger charge is 2.43. The van der Waals surface area contributed by atoms with Gasteiger partial charge in [0.25, 0.3) is 11.8 Å². The maximum absolute atomic E-state index is 13.1. The number of imide groups is 1. The van der Waals surface area contributed by atoms with E-state index in [2.05, 4.69) is 4.98 Å². The quantitative estimate of drug-likeness (QED) is 0.359. The maximum atomic E-state index is 13.1. The molecule has 0 N–H and O–H groups in total. The number of rotatable bonds is 8. The summed E-state index contributed by atoms with van der Waals surface area (Å²) >= 11 is 2.87. The number of amides is 2. The number of carbonyl (C=O) groups excluding carboxylic acids is 3. The number of fused-ring (bicyclic) bond motifs is 1. The molecular weight excluding hydrogens is 451 g/mol. The van der Waals surface area contributed by atoms with Crippen molar-refractivity contribution < 1.29 is 23.5 Å². The molecule has 0 fully saturated rings. The van der Waals surface area contributed by atoms with Crippen LogP contribution < -0.4 is 0 Å². The van der Waals surface area contributed by atoms with Crippen LogP contribution in [0.2, 0.25) is 0 Å². The summed E-state index contributed by atoms with van der Waals surface area (Å²) < 4.78 is 18.6. The zero-order valence-electron chi connectivity index (χ0n) is 17.1. The molecule has 6 nitrogen and oxygen atoms in total. The molecule has 2 amide bonds. The van der Waals surface area contributed by atoms with E-state index < -0.39 is 23.8 Å². The van der Waals surface area contributed by atoms with Crippen molar-refractivity contribution in [2.24, 2.45) is 0 Å². The molecule has 0 aliphatic carbocycles. The van der Waals surface area contributed by atoms with Crippen LogP contribution in [-0.2, 0) is 16.1 Å². The fourth-order valence-electron chi connectivity index (χ4n) is 3.41. The number of benzene rings is 2. The Hall–Kier alpha value is -3.04. The SMILES string of the molecule is CSCCC(C(=O)OCc1csc(-c2ccc(F)cc2)n1)N1C(=O)c2ccccc2C1=O. The normalized spacial score (nSPS) is 13.9. The zero-order valence-corrected chi connectivity index (χ0v) is 18.7. The second kappa shape index (κ2) is 9.62. The van der Waals surface area contributed by atoms with E-state index in [1.807, 2.05) is 6.26 Å². The van der Waals surface area contributed by atoms with Gasteiger partial charge in [0.15, 0.2) is 0 Å². The first-order valence-corrected chi connectivity index (χ1v) is 12.1. The van der Waals surface area contributed by atoms with E-state index in [0.29, 0.717) is 34.0 Å². The molecule has 4 rings (SSSR count). The van der Waals surface area contributed by atoms with Crippen LogP contribution in [0.3, 0.4) is 0 Å². The third-order valence-electron chi connectivity index (χ3n) is 5.01. The van der Waals surface area contributed by atoms with Gasteiger partial charge < -0.3 is 4.74 Å². The molecule has 0 spiro atoms. The van der Waals surface area contributed by atoms with Crippen molar-refractivity contribution in [3.63, 3.8) is 0 Å². The number of ether oxygens (including phenoxy) is 1. The van der Waals surface area contributed by atoms with Crippen molar-refractivity contribution in [3.05, 3.63) is 76.5 Å². The molecule has 32 heavy (non-hydrogen) atoms. The van der Waals surface area contributed by atoms with Gasteiger partial charge in [0.1, 0.15) is 23.5 Å². The molecule has 0 bridgehead atoms. The van der Waals surface area contributed by atoms with Crippen LogP contribution in [0.25, 0.3) is 10.6 Å². The van der Waals surface area contributed by atoms with Crippen molar-refractivity contribution in [1.29, 1.82) is 0 Å². The average Bonchev–Trinajstić information content (AvgIpc) is 3.37. The van der Waals surface area contributed by atoms with E-state index in [4.69, 9.17) is 4.74 Å². The fraction of sp³-hybridized carbons (Fsp3) is 0.217. The van der Waals surface area contributed by atoms with E-state index in [1.165, 1.54) is 35.2 Å². The van der Waals surface area contributed by atoms with Gasteiger partial charge in [0.2, 0.25) is 0 Å². The lowest BCUT2D eigenvalue weighted by atomic mass is 10.1. The Balaban J connectivity index is 1.47. The van der Waals surface area contributed by atoms with Gasteiger partial charge in [-0.05, 0) is 54.8 Å². The first kappa shape index (κ1) is 22.2. The summed E-state index contributed by atoms with van der Waals surface area (Å²) in [5.41, 5.74) is 1.89. The maximum Gasteiger partial charge on any atom is 0.329 e. The Bertz CT molecular complexity index is 1130. The summed E-state index contributed by atoms with van der Waals surface area (Å²) in [6.45, 7) is -0.0878.